The highest BCUT2D eigenvalue weighted by Gasteiger charge is 2.30. The maximum Gasteiger partial charge on any atom is 0.410 e. The first kappa shape index (κ1) is 15.3. The van der Waals surface area contributed by atoms with Crippen molar-refractivity contribution >= 4 is 12.4 Å². The van der Waals surface area contributed by atoms with E-state index in [1.54, 1.807) is 17.0 Å². The molecule has 0 aromatic heterocycles. The molecule has 0 aliphatic carbocycles. The Morgan fingerprint density at radius 3 is 2.57 bits per heavy atom. The predicted octanol–water partition coefficient (Wildman–Crippen LogP) is 3.97. The van der Waals surface area contributed by atoms with Crippen molar-refractivity contribution in [3.8, 4) is 0 Å². The molecule has 0 bridgehead atoms. The summed E-state index contributed by atoms with van der Waals surface area (Å²) in [6, 6.07) is 17.1. The number of hydrogen-bond acceptors (Lipinski definition) is 3. The lowest BCUT2D eigenvalue weighted by atomic mass is 10.0. The van der Waals surface area contributed by atoms with Gasteiger partial charge in [-0.3, -0.25) is 4.79 Å². The highest BCUT2D eigenvalue weighted by molar-refractivity contribution is 5.74. The molecular formula is C19H19NO3. The van der Waals surface area contributed by atoms with Gasteiger partial charge in [-0.1, -0.05) is 54.6 Å². The molecule has 3 rings (SSSR count). The molecule has 1 amide bonds. The molecule has 23 heavy (non-hydrogen) atoms. The minimum Gasteiger partial charge on any atom is -0.445 e. The van der Waals surface area contributed by atoms with Gasteiger partial charge in [0.25, 0.3) is 0 Å². The van der Waals surface area contributed by atoms with Crippen LogP contribution in [0, 0.1) is 0 Å². The van der Waals surface area contributed by atoms with E-state index in [0.29, 0.717) is 12.1 Å². The topological polar surface area (TPSA) is 46.6 Å². The molecule has 1 aliphatic heterocycles. The van der Waals surface area contributed by atoms with Crippen LogP contribution in [0.4, 0.5) is 4.79 Å². The SMILES string of the molecule is O=Cc1ccc(C2CCCN2C(=O)OCc2ccccc2)cc1. The molecule has 1 saturated heterocycles. The summed E-state index contributed by atoms with van der Waals surface area (Å²) in [6.07, 6.45) is 2.42. The fraction of sp³-hybridized carbons (Fsp3) is 0.263. The predicted molar refractivity (Wildman–Crippen MR) is 87.1 cm³/mol. The highest BCUT2D eigenvalue weighted by Crippen LogP contribution is 2.32. The van der Waals surface area contributed by atoms with Gasteiger partial charge in [0.2, 0.25) is 0 Å². The van der Waals surface area contributed by atoms with E-state index in [1.165, 1.54) is 0 Å². The smallest absolute Gasteiger partial charge is 0.410 e. The number of nitrogens with zero attached hydrogens (tertiary/aromatic N) is 1. The lowest BCUT2D eigenvalue weighted by Gasteiger charge is -2.24. The van der Waals surface area contributed by atoms with Crippen LogP contribution >= 0.6 is 0 Å². The molecule has 1 atom stereocenters. The Morgan fingerprint density at radius 1 is 1.13 bits per heavy atom. The van der Waals surface area contributed by atoms with Gasteiger partial charge in [-0.15, -0.1) is 0 Å². The Hall–Kier alpha value is -2.62. The fourth-order valence-electron chi connectivity index (χ4n) is 2.93. The summed E-state index contributed by atoms with van der Waals surface area (Å²) in [4.78, 5) is 24.9. The van der Waals surface area contributed by atoms with Gasteiger partial charge in [-0.2, -0.15) is 0 Å². The molecule has 0 spiro atoms. The van der Waals surface area contributed by atoms with Crippen molar-refractivity contribution in [2.45, 2.75) is 25.5 Å². The van der Waals surface area contributed by atoms with E-state index >= 15 is 0 Å². The number of carbonyl (C=O) groups excluding carboxylic acids is 2. The monoisotopic (exact) mass is 309 g/mol. The second-order valence-electron chi connectivity index (χ2n) is 5.68. The summed E-state index contributed by atoms with van der Waals surface area (Å²) in [5.74, 6) is 0. The molecule has 1 heterocycles. The zero-order valence-corrected chi connectivity index (χ0v) is 12.9. The Kier molecular flexibility index (Phi) is 4.71. The number of aldehydes is 1. The van der Waals surface area contributed by atoms with Crippen molar-refractivity contribution in [3.05, 3.63) is 71.3 Å². The molecule has 0 radical (unpaired) electrons. The fourth-order valence-corrected chi connectivity index (χ4v) is 2.93. The van der Waals surface area contributed by atoms with Gasteiger partial charge < -0.3 is 9.64 Å². The van der Waals surface area contributed by atoms with Crippen LogP contribution in [-0.2, 0) is 11.3 Å². The van der Waals surface area contributed by atoms with Gasteiger partial charge in [0.15, 0.2) is 0 Å². The standard InChI is InChI=1S/C19H19NO3/c21-13-15-8-10-17(11-9-15)18-7-4-12-20(18)19(22)23-14-16-5-2-1-3-6-16/h1-3,5-6,8-11,13,18H,4,7,12,14H2. The number of rotatable bonds is 4. The molecule has 1 fully saturated rings. The normalized spacial score (nSPS) is 17.0. The van der Waals surface area contributed by atoms with Crippen LogP contribution in [0.25, 0.3) is 0 Å². The second kappa shape index (κ2) is 7.09. The molecule has 0 N–H and O–H groups in total. The Labute approximate surface area is 135 Å². The van der Waals surface area contributed by atoms with Crippen LogP contribution in [0.5, 0.6) is 0 Å². The molecule has 2 aromatic carbocycles. The maximum atomic E-state index is 12.4. The van der Waals surface area contributed by atoms with Crippen LogP contribution in [0.1, 0.15) is 40.4 Å². The zero-order chi connectivity index (χ0) is 16.1. The van der Waals surface area contributed by atoms with Gasteiger partial charge in [0.05, 0.1) is 6.04 Å². The van der Waals surface area contributed by atoms with E-state index in [1.807, 2.05) is 42.5 Å². The van der Waals surface area contributed by atoms with Crippen molar-refractivity contribution in [3.63, 3.8) is 0 Å². The molecule has 2 aromatic rings. The molecule has 4 nitrogen and oxygen atoms in total. The molecular weight excluding hydrogens is 290 g/mol. The number of ether oxygens (including phenoxy) is 1. The average molecular weight is 309 g/mol. The average Bonchev–Trinajstić information content (AvgIpc) is 3.10. The van der Waals surface area contributed by atoms with E-state index in [2.05, 4.69) is 0 Å². The van der Waals surface area contributed by atoms with Gasteiger partial charge in [-0.25, -0.2) is 4.79 Å². The number of likely N-dealkylation sites (tertiary alicyclic amines) is 1. The summed E-state index contributed by atoms with van der Waals surface area (Å²) < 4.78 is 5.44. The van der Waals surface area contributed by atoms with Gasteiger partial charge in [0.1, 0.15) is 12.9 Å². The Bertz CT molecular complexity index is 667. The van der Waals surface area contributed by atoms with E-state index in [4.69, 9.17) is 4.74 Å². The summed E-state index contributed by atoms with van der Waals surface area (Å²) in [5.41, 5.74) is 2.67. The Morgan fingerprint density at radius 2 is 1.87 bits per heavy atom. The molecule has 0 saturated carbocycles. The highest BCUT2D eigenvalue weighted by atomic mass is 16.6. The first-order chi connectivity index (χ1) is 11.3. The van der Waals surface area contributed by atoms with Crippen molar-refractivity contribution in [2.75, 3.05) is 6.54 Å². The first-order valence-electron chi connectivity index (χ1n) is 7.80. The minimum absolute atomic E-state index is 0.0268. The zero-order valence-electron chi connectivity index (χ0n) is 12.9. The summed E-state index contributed by atoms with van der Waals surface area (Å²) in [7, 11) is 0. The molecule has 1 unspecified atom stereocenters. The van der Waals surface area contributed by atoms with Crippen molar-refractivity contribution in [1.29, 1.82) is 0 Å². The lowest BCUT2D eigenvalue weighted by molar-refractivity contribution is 0.0920. The van der Waals surface area contributed by atoms with Gasteiger partial charge in [0, 0.05) is 12.1 Å². The third-order valence-electron chi connectivity index (χ3n) is 4.15. The maximum absolute atomic E-state index is 12.4. The lowest BCUT2D eigenvalue weighted by Crippen LogP contribution is -2.31. The van der Waals surface area contributed by atoms with Gasteiger partial charge in [-0.05, 0) is 24.0 Å². The third-order valence-corrected chi connectivity index (χ3v) is 4.15. The second-order valence-corrected chi connectivity index (χ2v) is 5.68. The number of carbonyl (C=O) groups is 2. The summed E-state index contributed by atoms with van der Waals surface area (Å²) >= 11 is 0. The summed E-state index contributed by atoms with van der Waals surface area (Å²) in [5, 5.41) is 0. The molecule has 4 heteroatoms. The van der Waals surface area contributed by atoms with Crippen LogP contribution in [0.3, 0.4) is 0 Å². The van der Waals surface area contributed by atoms with Gasteiger partial charge >= 0.3 is 6.09 Å². The number of benzene rings is 2. The van der Waals surface area contributed by atoms with E-state index in [0.717, 1.165) is 30.3 Å². The largest absolute Gasteiger partial charge is 0.445 e. The quantitative estimate of drug-likeness (QED) is 0.803. The van der Waals surface area contributed by atoms with Crippen molar-refractivity contribution < 1.29 is 14.3 Å². The van der Waals surface area contributed by atoms with E-state index in [-0.39, 0.29) is 18.7 Å². The van der Waals surface area contributed by atoms with Crippen molar-refractivity contribution in [2.24, 2.45) is 0 Å². The molecule has 118 valence electrons. The van der Waals surface area contributed by atoms with Crippen molar-refractivity contribution in [1.82, 2.24) is 4.90 Å². The number of amides is 1. The van der Waals surface area contributed by atoms with Crippen LogP contribution in [0.15, 0.2) is 54.6 Å². The third kappa shape index (κ3) is 3.59. The first-order valence-corrected chi connectivity index (χ1v) is 7.80. The van der Waals surface area contributed by atoms with E-state index in [9.17, 15) is 9.59 Å². The Balaban J connectivity index is 1.65. The van der Waals surface area contributed by atoms with Crippen LogP contribution < -0.4 is 0 Å². The molecule has 1 aliphatic rings. The summed E-state index contributed by atoms with van der Waals surface area (Å²) in [6.45, 7) is 0.987. The minimum atomic E-state index is -0.282. The van der Waals surface area contributed by atoms with Crippen LogP contribution in [0.2, 0.25) is 0 Å². The van der Waals surface area contributed by atoms with Crippen LogP contribution in [-0.4, -0.2) is 23.8 Å². The number of hydrogen-bond donors (Lipinski definition) is 0. The van der Waals surface area contributed by atoms with E-state index < -0.39 is 0 Å².